The molecule has 3 rings (SSSR count). The molecule has 0 aliphatic carbocycles. The van der Waals surface area contributed by atoms with Crippen molar-refractivity contribution in [3.63, 3.8) is 0 Å². The molecule has 0 aliphatic rings. The first kappa shape index (κ1) is 19.3. The first-order valence-electron chi connectivity index (χ1n) is 9.00. The molecule has 134 valence electrons. The van der Waals surface area contributed by atoms with Crippen molar-refractivity contribution in [3.8, 4) is 0 Å². The number of aromatic nitrogens is 2. The fourth-order valence-corrected chi connectivity index (χ4v) is 2.87. The van der Waals surface area contributed by atoms with Crippen LogP contribution in [0.2, 0.25) is 0 Å². The maximum absolute atomic E-state index is 4.44. The summed E-state index contributed by atoms with van der Waals surface area (Å²) in [6, 6.07) is 12.9. The lowest BCUT2D eigenvalue weighted by atomic mass is 10.0. The Morgan fingerprint density at radius 3 is 1.60 bits per heavy atom. The number of fused-ring (bicyclic) bond motifs is 2. The number of hydrogen-bond acceptors (Lipinski definition) is 4. The van der Waals surface area contributed by atoms with Crippen LogP contribution in [0.25, 0.3) is 21.5 Å². The molecular formula is C20H27ClN4. The van der Waals surface area contributed by atoms with E-state index in [9.17, 15) is 0 Å². The Bertz CT molecular complexity index is 751. The van der Waals surface area contributed by atoms with E-state index in [2.05, 4.69) is 71.1 Å². The maximum Gasteiger partial charge on any atom is 0.156 e. The molecule has 5 heteroatoms. The predicted octanol–water partition coefficient (Wildman–Crippen LogP) is 5.63. The van der Waals surface area contributed by atoms with E-state index < -0.39 is 0 Å². The molecule has 0 fully saturated rings. The van der Waals surface area contributed by atoms with E-state index in [4.69, 9.17) is 0 Å². The quantitative estimate of drug-likeness (QED) is 0.404. The van der Waals surface area contributed by atoms with Crippen molar-refractivity contribution in [2.75, 3.05) is 23.7 Å². The van der Waals surface area contributed by atoms with E-state index in [1.54, 1.807) is 0 Å². The summed E-state index contributed by atoms with van der Waals surface area (Å²) in [7, 11) is 0. The number of rotatable bonds is 8. The Morgan fingerprint density at radius 1 is 0.760 bits per heavy atom. The highest BCUT2D eigenvalue weighted by Crippen LogP contribution is 2.30. The second-order valence-electron chi connectivity index (χ2n) is 6.20. The SMILES string of the molecule is CCCCNc1nnc(NCCCC)c2cc3ccccc3cc12.Cl. The van der Waals surface area contributed by atoms with E-state index in [-0.39, 0.29) is 12.4 Å². The van der Waals surface area contributed by atoms with Gasteiger partial charge in [-0.25, -0.2) is 0 Å². The number of anilines is 2. The first-order chi connectivity index (χ1) is 11.8. The Balaban J connectivity index is 0.00000225. The Hall–Kier alpha value is -2.07. The van der Waals surface area contributed by atoms with Crippen LogP contribution in [0.1, 0.15) is 39.5 Å². The maximum atomic E-state index is 4.44. The highest BCUT2D eigenvalue weighted by molar-refractivity contribution is 6.06. The van der Waals surface area contributed by atoms with Crippen molar-refractivity contribution in [3.05, 3.63) is 36.4 Å². The summed E-state index contributed by atoms with van der Waals surface area (Å²) in [4.78, 5) is 0. The molecular weight excluding hydrogens is 332 g/mol. The standard InChI is InChI=1S/C20H26N4.ClH/c1-3-5-11-21-19-17-13-15-9-7-8-10-16(15)14-18(17)20(24-23-19)22-12-6-4-2;/h7-10,13-14H,3-6,11-12H2,1-2H3,(H,21,23)(H,22,24);1H. The molecule has 0 saturated carbocycles. The Labute approximate surface area is 155 Å². The lowest BCUT2D eigenvalue weighted by molar-refractivity contribution is 0.822. The second kappa shape index (κ2) is 9.42. The van der Waals surface area contributed by atoms with Crippen molar-refractivity contribution in [2.24, 2.45) is 0 Å². The zero-order valence-corrected chi connectivity index (χ0v) is 15.8. The van der Waals surface area contributed by atoms with Gasteiger partial charge in [-0.05, 0) is 35.7 Å². The molecule has 0 bridgehead atoms. The molecule has 1 heterocycles. The Morgan fingerprint density at radius 2 is 1.20 bits per heavy atom. The van der Waals surface area contributed by atoms with Crippen LogP contribution in [-0.4, -0.2) is 23.3 Å². The third kappa shape index (κ3) is 4.51. The summed E-state index contributed by atoms with van der Waals surface area (Å²) in [6.07, 6.45) is 4.59. The zero-order valence-electron chi connectivity index (χ0n) is 15.0. The van der Waals surface area contributed by atoms with Crippen LogP contribution in [0.4, 0.5) is 11.6 Å². The van der Waals surface area contributed by atoms with Crippen LogP contribution < -0.4 is 10.6 Å². The summed E-state index contributed by atoms with van der Waals surface area (Å²) in [5.74, 6) is 1.76. The fourth-order valence-electron chi connectivity index (χ4n) is 2.87. The van der Waals surface area contributed by atoms with Gasteiger partial charge in [0.1, 0.15) is 0 Å². The fraction of sp³-hybridized carbons (Fsp3) is 0.400. The van der Waals surface area contributed by atoms with Gasteiger partial charge < -0.3 is 10.6 Å². The van der Waals surface area contributed by atoms with Crippen LogP contribution in [0.5, 0.6) is 0 Å². The molecule has 2 N–H and O–H groups in total. The van der Waals surface area contributed by atoms with Crippen molar-refractivity contribution < 1.29 is 0 Å². The minimum absolute atomic E-state index is 0. The van der Waals surface area contributed by atoms with Gasteiger partial charge >= 0.3 is 0 Å². The molecule has 0 atom stereocenters. The average molecular weight is 359 g/mol. The number of nitrogens with one attached hydrogen (secondary N) is 2. The summed E-state index contributed by atoms with van der Waals surface area (Å²) in [5, 5.41) is 20.5. The molecule has 1 aromatic heterocycles. The first-order valence-corrected chi connectivity index (χ1v) is 9.00. The highest BCUT2D eigenvalue weighted by Gasteiger charge is 2.10. The van der Waals surface area contributed by atoms with E-state index in [1.807, 2.05) is 0 Å². The number of nitrogens with zero attached hydrogens (tertiary/aromatic N) is 2. The van der Waals surface area contributed by atoms with Gasteiger partial charge in [0.2, 0.25) is 0 Å². The molecule has 0 amide bonds. The molecule has 4 nitrogen and oxygen atoms in total. The normalized spacial score (nSPS) is 10.6. The smallest absolute Gasteiger partial charge is 0.156 e. The van der Waals surface area contributed by atoms with Gasteiger partial charge in [0.25, 0.3) is 0 Å². The van der Waals surface area contributed by atoms with Crippen molar-refractivity contribution in [1.82, 2.24) is 10.2 Å². The van der Waals surface area contributed by atoms with Crippen molar-refractivity contribution in [1.29, 1.82) is 0 Å². The van der Waals surface area contributed by atoms with Crippen LogP contribution in [0, 0.1) is 0 Å². The third-order valence-corrected chi connectivity index (χ3v) is 4.29. The Kier molecular flexibility index (Phi) is 7.26. The van der Waals surface area contributed by atoms with E-state index in [0.29, 0.717) is 0 Å². The lowest BCUT2D eigenvalue weighted by Gasteiger charge is -2.13. The topological polar surface area (TPSA) is 49.8 Å². The van der Waals surface area contributed by atoms with Gasteiger partial charge in [-0.1, -0.05) is 51.0 Å². The zero-order chi connectivity index (χ0) is 16.8. The third-order valence-electron chi connectivity index (χ3n) is 4.29. The average Bonchev–Trinajstić information content (AvgIpc) is 2.62. The van der Waals surface area contributed by atoms with E-state index in [1.165, 1.54) is 10.8 Å². The summed E-state index contributed by atoms with van der Waals surface area (Å²) < 4.78 is 0. The number of unbranched alkanes of at least 4 members (excludes halogenated alkanes) is 2. The molecule has 0 radical (unpaired) electrons. The highest BCUT2D eigenvalue weighted by atomic mass is 35.5. The molecule has 2 aromatic carbocycles. The molecule has 0 aliphatic heterocycles. The predicted molar refractivity (Wildman–Crippen MR) is 111 cm³/mol. The van der Waals surface area contributed by atoms with Crippen molar-refractivity contribution in [2.45, 2.75) is 39.5 Å². The van der Waals surface area contributed by atoms with Gasteiger partial charge in [0.05, 0.1) is 0 Å². The molecule has 0 spiro atoms. The van der Waals surface area contributed by atoms with Crippen LogP contribution in [0.3, 0.4) is 0 Å². The lowest BCUT2D eigenvalue weighted by Crippen LogP contribution is -2.08. The van der Waals surface area contributed by atoms with Gasteiger partial charge in [-0.2, -0.15) is 0 Å². The number of benzene rings is 2. The van der Waals surface area contributed by atoms with Crippen LogP contribution >= 0.6 is 12.4 Å². The molecule has 0 unspecified atom stereocenters. The van der Waals surface area contributed by atoms with Crippen LogP contribution in [-0.2, 0) is 0 Å². The van der Waals surface area contributed by atoms with Crippen LogP contribution in [0.15, 0.2) is 36.4 Å². The van der Waals surface area contributed by atoms with Crippen molar-refractivity contribution >= 4 is 45.6 Å². The number of halogens is 1. The minimum Gasteiger partial charge on any atom is -0.368 e. The summed E-state index contributed by atoms with van der Waals surface area (Å²) >= 11 is 0. The molecule has 0 saturated heterocycles. The largest absolute Gasteiger partial charge is 0.368 e. The van der Waals surface area contributed by atoms with Gasteiger partial charge in [0, 0.05) is 23.9 Å². The van der Waals surface area contributed by atoms with E-state index in [0.717, 1.165) is 61.2 Å². The van der Waals surface area contributed by atoms with E-state index >= 15 is 0 Å². The van der Waals surface area contributed by atoms with Gasteiger partial charge in [-0.3, -0.25) is 0 Å². The summed E-state index contributed by atoms with van der Waals surface area (Å²) in [6.45, 7) is 6.24. The molecule has 3 aromatic rings. The summed E-state index contributed by atoms with van der Waals surface area (Å²) in [5.41, 5.74) is 0. The molecule has 25 heavy (non-hydrogen) atoms. The second-order valence-corrected chi connectivity index (χ2v) is 6.20. The number of hydrogen-bond donors (Lipinski definition) is 2. The minimum atomic E-state index is 0. The van der Waals surface area contributed by atoms with Gasteiger partial charge in [-0.15, -0.1) is 22.6 Å². The van der Waals surface area contributed by atoms with Gasteiger partial charge in [0.15, 0.2) is 11.6 Å². The monoisotopic (exact) mass is 358 g/mol.